The van der Waals surface area contributed by atoms with E-state index in [0.717, 1.165) is 16.9 Å². The van der Waals surface area contributed by atoms with Crippen molar-refractivity contribution in [3.8, 4) is 11.3 Å². The quantitative estimate of drug-likeness (QED) is 0.680. The summed E-state index contributed by atoms with van der Waals surface area (Å²) in [6.45, 7) is 4.19. The molecule has 1 aromatic carbocycles. The summed E-state index contributed by atoms with van der Waals surface area (Å²) in [6, 6.07) is 7.22. The van der Waals surface area contributed by atoms with Crippen molar-refractivity contribution in [2.24, 2.45) is 5.92 Å². The minimum Gasteiger partial charge on any atom is -0.464 e. The van der Waals surface area contributed by atoms with Gasteiger partial charge in [0.1, 0.15) is 6.54 Å². The summed E-state index contributed by atoms with van der Waals surface area (Å²) in [4.78, 5) is 23.5. The minimum atomic E-state index is -0.408. The molecule has 1 aromatic heterocycles. The summed E-state index contributed by atoms with van der Waals surface area (Å²) in [5.74, 6) is -0.143. The van der Waals surface area contributed by atoms with Crippen LogP contribution in [0.5, 0.6) is 0 Å². The van der Waals surface area contributed by atoms with Crippen LogP contribution in [-0.2, 0) is 16.1 Å². The Hall–Kier alpha value is -2.08. The fourth-order valence-electron chi connectivity index (χ4n) is 1.84. The number of carbonyl (C=O) groups is 1. The Kier molecular flexibility index (Phi) is 4.80. The number of esters is 1. The predicted molar refractivity (Wildman–Crippen MR) is 84.2 cm³/mol. The molecule has 0 radical (unpaired) electrons. The number of nitrogens with zero attached hydrogens (tertiary/aromatic N) is 1. The number of ether oxygens (including phenoxy) is 1. The third-order valence-electron chi connectivity index (χ3n) is 2.83. The Bertz CT molecular complexity index is 688. The molecule has 0 unspecified atom stereocenters. The number of carbonyl (C=O) groups excluding carboxylic acids is 1. The smallest absolute Gasteiger partial charge is 0.326 e. The van der Waals surface area contributed by atoms with Crippen molar-refractivity contribution < 1.29 is 9.53 Å². The third kappa shape index (κ3) is 3.95. The summed E-state index contributed by atoms with van der Waals surface area (Å²) in [5.41, 5.74) is 7.86. The topological polar surface area (TPSA) is 74.3 Å². The molecule has 0 aliphatic carbocycles. The van der Waals surface area contributed by atoms with Crippen LogP contribution in [0, 0.1) is 5.92 Å². The summed E-state index contributed by atoms with van der Waals surface area (Å²) in [7, 11) is 0. The van der Waals surface area contributed by atoms with Crippen LogP contribution in [0.3, 0.4) is 0 Å². The fourth-order valence-corrected chi connectivity index (χ4v) is 2.60. The molecular weight excluding hydrogens is 288 g/mol. The molecule has 21 heavy (non-hydrogen) atoms. The molecule has 0 saturated heterocycles. The van der Waals surface area contributed by atoms with Gasteiger partial charge >= 0.3 is 10.8 Å². The van der Waals surface area contributed by atoms with E-state index in [1.165, 1.54) is 4.57 Å². The largest absolute Gasteiger partial charge is 0.464 e. The van der Waals surface area contributed by atoms with Gasteiger partial charge in [0.2, 0.25) is 0 Å². The van der Waals surface area contributed by atoms with E-state index < -0.39 is 5.97 Å². The van der Waals surface area contributed by atoms with Gasteiger partial charge in [-0.15, -0.1) is 0 Å². The van der Waals surface area contributed by atoms with Crippen LogP contribution in [0.1, 0.15) is 13.8 Å². The third-order valence-corrected chi connectivity index (χ3v) is 3.59. The molecule has 0 amide bonds. The number of rotatable bonds is 5. The van der Waals surface area contributed by atoms with E-state index in [1.807, 2.05) is 26.0 Å². The van der Waals surface area contributed by atoms with Gasteiger partial charge in [-0.1, -0.05) is 37.3 Å². The molecular formula is C15H18N2O3S. The molecule has 2 rings (SSSR count). The van der Waals surface area contributed by atoms with E-state index in [-0.39, 0.29) is 17.3 Å². The molecule has 0 atom stereocenters. The highest BCUT2D eigenvalue weighted by Crippen LogP contribution is 2.22. The van der Waals surface area contributed by atoms with Crippen LogP contribution < -0.4 is 10.6 Å². The lowest BCUT2D eigenvalue weighted by atomic mass is 10.1. The second-order valence-corrected chi connectivity index (χ2v) is 6.00. The molecule has 2 aromatic rings. The number of hydrogen-bond acceptors (Lipinski definition) is 5. The Morgan fingerprint density at radius 3 is 2.86 bits per heavy atom. The fraction of sp³-hybridized carbons (Fsp3) is 0.333. The average molecular weight is 306 g/mol. The molecule has 0 spiro atoms. The number of nitrogens with two attached hydrogens (primary N) is 1. The van der Waals surface area contributed by atoms with E-state index >= 15 is 0 Å². The van der Waals surface area contributed by atoms with Gasteiger partial charge in [-0.3, -0.25) is 14.2 Å². The van der Waals surface area contributed by atoms with Crippen molar-refractivity contribution in [3.05, 3.63) is 39.3 Å². The molecule has 0 aliphatic heterocycles. The number of aromatic nitrogens is 1. The number of hydrogen-bond donors (Lipinski definition) is 1. The average Bonchev–Trinajstić information content (AvgIpc) is 2.78. The summed E-state index contributed by atoms with van der Waals surface area (Å²) >= 11 is 1.06. The maximum absolute atomic E-state index is 11.9. The van der Waals surface area contributed by atoms with Crippen molar-refractivity contribution in [2.45, 2.75) is 20.4 Å². The SMILES string of the molecule is CC(C)COC(=O)Cn1c(-c2cccc(N)c2)csc1=O. The molecule has 0 fully saturated rings. The van der Waals surface area contributed by atoms with Gasteiger partial charge in [0.15, 0.2) is 0 Å². The lowest BCUT2D eigenvalue weighted by Crippen LogP contribution is -2.23. The number of benzene rings is 1. The molecule has 1 heterocycles. The van der Waals surface area contributed by atoms with Crippen LogP contribution in [0.2, 0.25) is 0 Å². The molecule has 5 nitrogen and oxygen atoms in total. The second kappa shape index (κ2) is 6.58. The highest BCUT2D eigenvalue weighted by Gasteiger charge is 2.14. The monoisotopic (exact) mass is 306 g/mol. The first-order valence-electron chi connectivity index (χ1n) is 6.67. The second-order valence-electron chi connectivity index (χ2n) is 5.18. The Labute approximate surface area is 127 Å². The highest BCUT2D eigenvalue weighted by molar-refractivity contribution is 7.07. The minimum absolute atomic E-state index is 0.0841. The summed E-state index contributed by atoms with van der Waals surface area (Å²) in [6.07, 6.45) is 0. The van der Waals surface area contributed by atoms with Gasteiger partial charge in [-0.25, -0.2) is 0 Å². The molecule has 0 aliphatic rings. The van der Waals surface area contributed by atoms with Crippen LogP contribution in [0.4, 0.5) is 5.69 Å². The summed E-state index contributed by atoms with van der Waals surface area (Å²) in [5, 5.41) is 1.73. The predicted octanol–water partition coefficient (Wildman–Crippen LogP) is 2.36. The highest BCUT2D eigenvalue weighted by atomic mass is 32.1. The molecule has 0 saturated carbocycles. The van der Waals surface area contributed by atoms with Crippen molar-refractivity contribution >= 4 is 23.0 Å². The number of anilines is 1. The zero-order valence-electron chi connectivity index (χ0n) is 12.0. The Morgan fingerprint density at radius 2 is 2.19 bits per heavy atom. The van der Waals surface area contributed by atoms with Crippen LogP contribution in [0.25, 0.3) is 11.3 Å². The van der Waals surface area contributed by atoms with Crippen molar-refractivity contribution in [2.75, 3.05) is 12.3 Å². The number of thiazole rings is 1. The van der Waals surface area contributed by atoms with Gasteiger partial charge in [-0.2, -0.15) is 0 Å². The maximum atomic E-state index is 11.9. The lowest BCUT2D eigenvalue weighted by molar-refractivity contribution is -0.145. The zero-order chi connectivity index (χ0) is 15.4. The maximum Gasteiger partial charge on any atom is 0.326 e. The van der Waals surface area contributed by atoms with Crippen LogP contribution in [0.15, 0.2) is 34.4 Å². The number of nitrogen functional groups attached to an aromatic ring is 1. The first-order valence-corrected chi connectivity index (χ1v) is 7.55. The zero-order valence-corrected chi connectivity index (χ0v) is 12.9. The van der Waals surface area contributed by atoms with Gasteiger partial charge in [0.05, 0.1) is 12.3 Å². The van der Waals surface area contributed by atoms with Gasteiger partial charge in [0.25, 0.3) is 0 Å². The van der Waals surface area contributed by atoms with Crippen LogP contribution in [-0.4, -0.2) is 17.1 Å². The van der Waals surface area contributed by atoms with E-state index in [2.05, 4.69) is 0 Å². The summed E-state index contributed by atoms with van der Waals surface area (Å²) < 4.78 is 6.55. The van der Waals surface area contributed by atoms with Gasteiger partial charge < -0.3 is 10.5 Å². The van der Waals surface area contributed by atoms with Crippen molar-refractivity contribution in [3.63, 3.8) is 0 Å². The van der Waals surface area contributed by atoms with E-state index in [4.69, 9.17) is 10.5 Å². The molecule has 6 heteroatoms. The first-order chi connectivity index (χ1) is 9.97. The molecule has 0 bridgehead atoms. The van der Waals surface area contributed by atoms with Gasteiger partial charge in [0, 0.05) is 16.6 Å². The Morgan fingerprint density at radius 1 is 1.43 bits per heavy atom. The van der Waals surface area contributed by atoms with Crippen molar-refractivity contribution in [1.29, 1.82) is 0 Å². The standard InChI is InChI=1S/C15H18N2O3S/c1-10(2)8-20-14(18)7-17-13(9-21-15(17)19)11-4-3-5-12(16)6-11/h3-6,9-10H,7-8,16H2,1-2H3. The van der Waals surface area contributed by atoms with Crippen LogP contribution >= 0.6 is 11.3 Å². The van der Waals surface area contributed by atoms with E-state index in [9.17, 15) is 9.59 Å². The lowest BCUT2D eigenvalue weighted by Gasteiger charge is -2.10. The Balaban J connectivity index is 2.23. The van der Waals surface area contributed by atoms with Crippen molar-refractivity contribution in [1.82, 2.24) is 4.57 Å². The normalized spacial score (nSPS) is 10.8. The van der Waals surface area contributed by atoms with E-state index in [0.29, 0.717) is 18.0 Å². The van der Waals surface area contributed by atoms with E-state index in [1.54, 1.807) is 17.5 Å². The van der Waals surface area contributed by atoms with Gasteiger partial charge in [-0.05, 0) is 18.1 Å². The molecule has 112 valence electrons. The molecule has 2 N–H and O–H groups in total. The first kappa shape index (κ1) is 15.3.